The number of benzene rings is 1. The van der Waals surface area contributed by atoms with Gasteiger partial charge in [0.2, 0.25) is 0 Å². The van der Waals surface area contributed by atoms with E-state index in [1.54, 1.807) is 12.1 Å². The second-order valence-corrected chi connectivity index (χ2v) is 4.00. The van der Waals surface area contributed by atoms with Crippen LogP contribution < -0.4 is 11.2 Å². The van der Waals surface area contributed by atoms with Crippen LogP contribution in [0.4, 0.5) is 8.78 Å². The Morgan fingerprint density at radius 1 is 1.32 bits per heavy atom. The lowest BCUT2D eigenvalue weighted by molar-refractivity contribution is 0.556. The molecule has 2 rings (SSSR count). The number of thiocarbonyl (C=S) groups is 1. The average Bonchev–Trinajstić information content (AvgIpc) is 2.77. The van der Waals surface area contributed by atoms with Crippen molar-refractivity contribution in [3.63, 3.8) is 0 Å². The van der Waals surface area contributed by atoms with Crippen molar-refractivity contribution in [3.8, 4) is 11.3 Å². The van der Waals surface area contributed by atoms with Gasteiger partial charge in [-0.05, 0) is 36.5 Å². The SMILES string of the molecule is NC(=S)N/N=C/c1ccc(-c2ccc(F)cc2F)o1. The molecule has 0 amide bonds. The number of furan rings is 1. The molecule has 7 heteroatoms. The fraction of sp³-hybridized carbons (Fsp3) is 0. The maximum absolute atomic E-state index is 13.5. The van der Waals surface area contributed by atoms with E-state index in [0.29, 0.717) is 5.76 Å². The molecule has 0 radical (unpaired) electrons. The summed E-state index contributed by atoms with van der Waals surface area (Å²) < 4.78 is 31.6. The van der Waals surface area contributed by atoms with Crippen molar-refractivity contribution >= 4 is 23.5 Å². The highest BCUT2D eigenvalue weighted by atomic mass is 32.1. The minimum Gasteiger partial charge on any atom is -0.455 e. The Morgan fingerprint density at radius 3 is 2.79 bits per heavy atom. The highest BCUT2D eigenvalue weighted by Gasteiger charge is 2.10. The maximum atomic E-state index is 13.5. The standard InChI is InChI=1S/C12H9F2N3OS/c13-7-1-3-9(10(14)5-7)11-4-2-8(18-11)6-16-17-12(15)19/h1-6H,(H3,15,17,19)/b16-6+. The number of halogens is 2. The molecule has 0 spiro atoms. The number of nitrogens with one attached hydrogen (secondary N) is 1. The third-order valence-electron chi connectivity index (χ3n) is 2.19. The summed E-state index contributed by atoms with van der Waals surface area (Å²) in [4.78, 5) is 0. The first-order valence-corrected chi connectivity index (χ1v) is 5.61. The van der Waals surface area contributed by atoms with E-state index >= 15 is 0 Å². The molecule has 0 atom stereocenters. The van der Waals surface area contributed by atoms with Gasteiger partial charge in [0.1, 0.15) is 23.2 Å². The number of hydrogen-bond donors (Lipinski definition) is 2. The van der Waals surface area contributed by atoms with Gasteiger partial charge in [-0.2, -0.15) is 5.10 Å². The zero-order valence-electron chi connectivity index (χ0n) is 9.56. The molecule has 1 heterocycles. The molecule has 4 nitrogen and oxygen atoms in total. The van der Waals surface area contributed by atoms with Crippen LogP contribution in [0.2, 0.25) is 0 Å². The Bertz CT molecular complexity index is 640. The normalized spacial score (nSPS) is 10.8. The summed E-state index contributed by atoms with van der Waals surface area (Å²) in [5.41, 5.74) is 7.70. The van der Waals surface area contributed by atoms with E-state index in [4.69, 9.17) is 10.2 Å². The molecule has 0 fully saturated rings. The number of hydrogen-bond acceptors (Lipinski definition) is 3. The van der Waals surface area contributed by atoms with Crippen LogP contribution in [-0.2, 0) is 0 Å². The molecule has 0 aliphatic heterocycles. The molecular formula is C12H9F2N3OS. The van der Waals surface area contributed by atoms with Crippen molar-refractivity contribution in [2.24, 2.45) is 10.8 Å². The third kappa shape index (κ3) is 3.35. The van der Waals surface area contributed by atoms with Crippen molar-refractivity contribution in [2.75, 3.05) is 0 Å². The molecule has 98 valence electrons. The highest BCUT2D eigenvalue weighted by molar-refractivity contribution is 7.80. The van der Waals surface area contributed by atoms with Gasteiger partial charge in [0.15, 0.2) is 5.11 Å². The first-order chi connectivity index (χ1) is 9.06. The molecule has 0 saturated carbocycles. The van der Waals surface area contributed by atoms with Crippen molar-refractivity contribution in [1.82, 2.24) is 5.43 Å². The van der Waals surface area contributed by atoms with Gasteiger partial charge >= 0.3 is 0 Å². The van der Waals surface area contributed by atoms with Gasteiger partial charge in [-0.3, -0.25) is 5.43 Å². The second-order valence-electron chi connectivity index (χ2n) is 3.56. The zero-order chi connectivity index (χ0) is 13.8. The Labute approximate surface area is 112 Å². The van der Waals surface area contributed by atoms with Crippen LogP contribution in [0.5, 0.6) is 0 Å². The first-order valence-electron chi connectivity index (χ1n) is 5.20. The fourth-order valence-electron chi connectivity index (χ4n) is 1.42. The van der Waals surface area contributed by atoms with E-state index in [1.807, 2.05) is 0 Å². The summed E-state index contributed by atoms with van der Waals surface area (Å²) >= 11 is 4.56. The molecule has 0 aliphatic carbocycles. The van der Waals surface area contributed by atoms with E-state index in [0.717, 1.165) is 12.1 Å². The summed E-state index contributed by atoms with van der Waals surface area (Å²) in [5.74, 6) is -0.689. The van der Waals surface area contributed by atoms with E-state index < -0.39 is 11.6 Å². The van der Waals surface area contributed by atoms with Gasteiger partial charge in [0.25, 0.3) is 0 Å². The monoisotopic (exact) mass is 281 g/mol. The lowest BCUT2D eigenvalue weighted by atomic mass is 10.1. The number of hydrazone groups is 1. The van der Waals surface area contributed by atoms with Crippen LogP contribution >= 0.6 is 12.2 Å². The van der Waals surface area contributed by atoms with Crippen molar-refractivity contribution in [1.29, 1.82) is 0 Å². The predicted octanol–water partition coefficient (Wildman–Crippen LogP) is 2.39. The van der Waals surface area contributed by atoms with Gasteiger partial charge in [-0.25, -0.2) is 8.78 Å². The van der Waals surface area contributed by atoms with Crippen molar-refractivity contribution in [3.05, 3.63) is 47.7 Å². The fourth-order valence-corrected chi connectivity index (χ4v) is 1.47. The molecule has 0 saturated heterocycles. The Balaban J connectivity index is 2.21. The Hall–Kier alpha value is -2.28. The van der Waals surface area contributed by atoms with Gasteiger partial charge in [-0.15, -0.1) is 0 Å². The summed E-state index contributed by atoms with van der Waals surface area (Å²) in [7, 11) is 0. The van der Waals surface area contributed by atoms with Gasteiger partial charge in [0.05, 0.1) is 11.8 Å². The largest absolute Gasteiger partial charge is 0.455 e. The van der Waals surface area contributed by atoms with Crippen LogP contribution in [0.1, 0.15) is 5.76 Å². The molecule has 1 aromatic carbocycles. The summed E-state index contributed by atoms with van der Waals surface area (Å²) in [5, 5.41) is 3.72. The Morgan fingerprint density at radius 2 is 2.11 bits per heavy atom. The van der Waals surface area contributed by atoms with Crippen LogP contribution in [0, 0.1) is 11.6 Å². The second kappa shape index (κ2) is 5.57. The first kappa shape index (κ1) is 13.2. The summed E-state index contributed by atoms with van der Waals surface area (Å²) in [6.07, 6.45) is 1.34. The summed E-state index contributed by atoms with van der Waals surface area (Å²) in [6, 6.07) is 6.39. The van der Waals surface area contributed by atoms with E-state index in [-0.39, 0.29) is 16.4 Å². The number of nitrogens with two attached hydrogens (primary N) is 1. The molecule has 0 unspecified atom stereocenters. The minimum absolute atomic E-state index is 0.0209. The molecule has 0 aliphatic rings. The third-order valence-corrected chi connectivity index (χ3v) is 2.28. The Kier molecular flexibility index (Phi) is 3.86. The lowest BCUT2D eigenvalue weighted by Gasteiger charge is -1.99. The van der Waals surface area contributed by atoms with Gasteiger partial charge in [-0.1, -0.05) is 0 Å². The van der Waals surface area contributed by atoms with E-state index in [1.165, 1.54) is 12.3 Å². The average molecular weight is 281 g/mol. The molecule has 0 bridgehead atoms. The smallest absolute Gasteiger partial charge is 0.184 e. The lowest BCUT2D eigenvalue weighted by Crippen LogP contribution is -2.23. The number of rotatable bonds is 3. The van der Waals surface area contributed by atoms with Crippen LogP contribution in [0.15, 0.2) is 39.9 Å². The van der Waals surface area contributed by atoms with E-state index in [2.05, 4.69) is 22.7 Å². The number of nitrogens with zero attached hydrogens (tertiary/aromatic N) is 1. The van der Waals surface area contributed by atoms with E-state index in [9.17, 15) is 8.78 Å². The molecule has 2 aromatic rings. The van der Waals surface area contributed by atoms with Gasteiger partial charge < -0.3 is 10.2 Å². The zero-order valence-corrected chi connectivity index (χ0v) is 10.4. The maximum Gasteiger partial charge on any atom is 0.184 e. The summed E-state index contributed by atoms with van der Waals surface area (Å²) in [6.45, 7) is 0. The minimum atomic E-state index is -0.695. The molecular weight excluding hydrogens is 272 g/mol. The van der Waals surface area contributed by atoms with Crippen LogP contribution in [0.3, 0.4) is 0 Å². The van der Waals surface area contributed by atoms with Crippen LogP contribution in [0.25, 0.3) is 11.3 Å². The molecule has 3 N–H and O–H groups in total. The quantitative estimate of drug-likeness (QED) is 0.515. The van der Waals surface area contributed by atoms with Gasteiger partial charge in [0, 0.05) is 6.07 Å². The molecule has 19 heavy (non-hydrogen) atoms. The predicted molar refractivity (Wildman–Crippen MR) is 71.6 cm³/mol. The topological polar surface area (TPSA) is 63.5 Å². The molecule has 1 aromatic heterocycles. The van der Waals surface area contributed by atoms with Crippen molar-refractivity contribution in [2.45, 2.75) is 0 Å². The van der Waals surface area contributed by atoms with Crippen LogP contribution in [-0.4, -0.2) is 11.3 Å². The highest BCUT2D eigenvalue weighted by Crippen LogP contribution is 2.24. The van der Waals surface area contributed by atoms with Crippen molar-refractivity contribution < 1.29 is 13.2 Å².